The molecule has 2 heterocycles. The number of nitrogens with zero attached hydrogens (tertiary/aromatic N) is 3. The van der Waals surface area contributed by atoms with Gasteiger partial charge in [0, 0.05) is 24.6 Å². The summed E-state index contributed by atoms with van der Waals surface area (Å²) in [7, 11) is 0. The van der Waals surface area contributed by atoms with Crippen molar-refractivity contribution >= 4 is 17.4 Å². The minimum Gasteiger partial charge on any atom is -0.393 e. The van der Waals surface area contributed by atoms with Crippen LogP contribution >= 0.6 is 11.6 Å². The summed E-state index contributed by atoms with van der Waals surface area (Å²) in [5.41, 5.74) is 1.00. The molecule has 0 aromatic carbocycles. The van der Waals surface area contributed by atoms with Gasteiger partial charge in [0.15, 0.2) is 0 Å². The van der Waals surface area contributed by atoms with Crippen molar-refractivity contribution in [1.29, 1.82) is 0 Å². The second-order valence-corrected chi connectivity index (χ2v) is 4.91. The Balaban J connectivity index is 2.21. The summed E-state index contributed by atoms with van der Waals surface area (Å²) in [4.78, 5) is 10.5. The average molecular weight is 256 g/mol. The third-order valence-corrected chi connectivity index (χ3v) is 3.76. The molecule has 0 aliphatic carbocycles. The molecule has 4 nitrogen and oxygen atoms in total. The third kappa shape index (κ3) is 2.53. The van der Waals surface area contributed by atoms with Crippen molar-refractivity contribution in [2.75, 3.05) is 18.0 Å². The number of aliphatic hydroxyl groups excluding tert-OH is 1. The molecule has 1 aliphatic rings. The van der Waals surface area contributed by atoms with Crippen molar-refractivity contribution in [1.82, 2.24) is 9.97 Å². The van der Waals surface area contributed by atoms with Crippen LogP contribution in [0.15, 0.2) is 6.33 Å². The zero-order valence-corrected chi connectivity index (χ0v) is 11.0. The van der Waals surface area contributed by atoms with E-state index in [1.54, 1.807) is 0 Å². The van der Waals surface area contributed by atoms with E-state index in [9.17, 15) is 5.11 Å². The Hall–Kier alpha value is -0.870. The van der Waals surface area contributed by atoms with Gasteiger partial charge in [-0.2, -0.15) is 0 Å². The molecule has 94 valence electrons. The molecule has 1 saturated heterocycles. The summed E-state index contributed by atoms with van der Waals surface area (Å²) >= 11 is 6.08. The maximum atomic E-state index is 9.61. The van der Waals surface area contributed by atoms with Crippen molar-refractivity contribution in [3.05, 3.63) is 17.0 Å². The summed E-state index contributed by atoms with van der Waals surface area (Å²) < 4.78 is 0. The van der Waals surface area contributed by atoms with Crippen molar-refractivity contribution in [3.8, 4) is 0 Å². The number of halogens is 1. The van der Waals surface area contributed by atoms with Gasteiger partial charge < -0.3 is 10.0 Å². The van der Waals surface area contributed by atoms with Crippen molar-refractivity contribution in [2.45, 2.75) is 32.8 Å². The SMILES string of the molecule is CCc1c(Cl)ncnc1N1CCC(C(C)O)C1. The Bertz CT molecular complexity index is 397. The first-order valence-electron chi connectivity index (χ1n) is 6.05. The van der Waals surface area contributed by atoms with Crippen LogP contribution < -0.4 is 4.90 Å². The van der Waals surface area contributed by atoms with Gasteiger partial charge in [-0.15, -0.1) is 0 Å². The smallest absolute Gasteiger partial charge is 0.137 e. The van der Waals surface area contributed by atoms with Crippen LogP contribution in [0.1, 0.15) is 25.8 Å². The van der Waals surface area contributed by atoms with Crippen LogP contribution in [0.4, 0.5) is 5.82 Å². The molecule has 1 aromatic heterocycles. The van der Waals surface area contributed by atoms with Gasteiger partial charge in [-0.3, -0.25) is 0 Å². The van der Waals surface area contributed by atoms with Gasteiger partial charge in [0.25, 0.3) is 0 Å². The number of aliphatic hydroxyl groups is 1. The second-order valence-electron chi connectivity index (χ2n) is 4.56. The standard InChI is InChI=1S/C12H18ClN3O/c1-3-10-11(13)14-7-15-12(10)16-5-4-9(6-16)8(2)17/h7-9,17H,3-6H2,1-2H3. The van der Waals surface area contributed by atoms with Crippen LogP contribution in [-0.2, 0) is 6.42 Å². The fourth-order valence-corrected chi connectivity index (χ4v) is 2.59. The molecule has 17 heavy (non-hydrogen) atoms. The second kappa shape index (κ2) is 5.19. The molecule has 0 saturated carbocycles. The molecule has 1 aromatic rings. The van der Waals surface area contributed by atoms with Crippen molar-refractivity contribution in [2.24, 2.45) is 5.92 Å². The zero-order valence-electron chi connectivity index (χ0n) is 10.2. The fraction of sp³-hybridized carbons (Fsp3) is 0.667. The Morgan fingerprint density at radius 3 is 2.94 bits per heavy atom. The predicted octanol–water partition coefficient (Wildman–Crippen LogP) is 1.90. The molecular weight excluding hydrogens is 238 g/mol. The summed E-state index contributed by atoms with van der Waals surface area (Å²) in [5.74, 6) is 1.25. The highest BCUT2D eigenvalue weighted by Gasteiger charge is 2.28. The normalized spacial score (nSPS) is 21.9. The monoisotopic (exact) mass is 255 g/mol. The zero-order chi connectivity index (χ0) is 12.4. The van der Waals surface area contributed by atoms with E-state index < -0.39 is 0 Å². The van der Waals surface area contributed by atoms with Crippen LogP contribution in [-0.4, -0.2) is 34.3 Å². The van der Waals surface area contributed by atoms with Gasteiger partial charge in [-0.1, -0.05) is 18.5 Å². The molecule has 0 amide bonds. The van der Waals surface area contributed by atoms with Crippen LogP contribution in [0.3, 0.4) is 0 Å². The Morgan fingerprint density at radius 2 is 2.35 bits per heavy atom. The van der Waals surface area contributed by atoms with Gasteiger partial charge >= 0.3 is 0 Å². The lowest BCUT2D eigenvalue weighted by molar-refractivity contribution is 0.136. The molecule has 1 N–H and O–H groups in total. The van der Waals surface area contributed by atoms with E-state index in [4.69, 9.17) is 11.6 Å². The van der Waals surface area contributed by atoms with Crippen molar-refractivity contribution in [3.63, 3.8) is 0 Å². The molecule has 2 rings (SSSR count). The maximum absolute atomic E-state index is 9.61. The first-order valence-corrected chi connectivity index (χ1v) is 6.43. The van der Waals surface area contributed by atoms with Gasteiger partial charge in [-0.05, 0) is 19.8 Å². The van der Waals surface area contributed by atoms with E-state index in [-0.39, 0.29) is 6.10 Å². The fourth-order valence-electron chi connectivity index (χ4n) is 2.33. The van der Waals surface area contributed by atoms with Crippen molar-refractivity contribution < 1.29 is 5.11 Å². The first kappa shape index (κ1) is 12.6. The highest BCUT2D eigenvalue weighted by Crippen LogP contribution is 2.29. The highest BCUT2D eigenvalue weighted by atomic mass is 35.5. The van der Waals surface area contributed by atoms with Crippen LogP contribution in [0.5, 0.6) is 0 Å². The van der Waals surface area contributed by atoms with E-state index in [0.29, 0.717) is 11.1 Å². The van der Waals surface area contributed by atoms with Crippen LogP contribution in [0, 0.1) is 5.92 Å². The molecule has 2 atom stereocenters. The Labute approximate surface area is 107 Å². The van der Waals surface area contributed by atoms with E-state index >= 15 is 0 Å². The van der Waals surface area contributed by atoms with Crippen LogP contribution in [0.2, 0.25) is 5.15 Å². The lowest BCUT2D eigenvalue weighted by Gasteiger charge is -2.21. The lowest BCUT2D eigenvalue weighted by atomic mass is 10.0. The predicted molar refractivity (Wildman–Crippen MR) is 68.4 cm³/mol. The van der Waals surface area contributed by atoms with Gasteiger partial charge in [-0.25, -0.2) is 9.97 Å². The minimum absolute atomic E-state index is 0.262. The van der Waals surface area contributed by atoms with E-state index in [1.807, 2.05) is 6.92 Å². The highest BCUT2D eigenvalue weighted by molar-refractivity contribution is 6.30. The number of hydrogen-bond acceptors (Lipinski definition) is 4. The topological polar surface area (TPSA) is 49.2 Å². The molecule has 0 bridgehead atoms. The molecule has 2 unspecified atom stereocenters. The Morgan fingerprint density at radius 1 is 1.59 bits per heavy atom. The maximum Gasteiger partial charge on any atom is 0.137 e. The van der Waals surface area contributed by atoms with E-state index in [0.717, 1.165) is 37.3 Å². The minimum atomic E-state index is -0.262. The van der Waals surface area contributed by atoms with Gasteiger partial charge in [0.1, 0.15) is 17.3 Å². The number of aromatic nitrogens is 2. The van der Waals surface area contributed by atoms with Gasteiger partial charge in [0.05, 0.1) is 6.10 Å². The molecule has 1 fully saturated rings. The average Bonchev–Trinajstić information content (AvgIpc) is 2.77. The quantitative estimate of drug-likeness (QED) is 0.839. The van der Waals surface area contributed by atoms with Crippen LogP contribution in [0.25, 0.3) is 0 Å². The molecule has 5 heteroatoms. The van der Waals surface area contributed by atoms with Gasteiger partial charge in [0.2, 0.25) is 0 Å². The first-order chi connectivity index (χ1) is 8.13. The third-order valence-electron chi connectivity index (χ3n) is 3.43. The summed E-state index contributed by atoms with van der Waals surface area (Å²) in [6, 6.07) is 0. The van der Waals surface area contributed by atoms with E-state index in [2.05, 4.69) is 21.8 Å². The lowest BCUT2D eigenvalue weighted by Crippen LogP contribution is -2.25. The summed E-state index contributed by atoms with van der Waals surface area (Å²) in [6.45, 7) is 5.67. The van der Waals surface area contributed by atoms with E-state index in [1.165, 1.54) is 6.33 Å². The summed E-state index contributed by atoms with van der Waals surface area (Å²) in [6.07, 6.45) is 3.07. The molecule has 1 aliphatic heterocycles. The largest absolute Gasteiger partial charge is 0.393 e. The molecule has 0 spiro atoms. The number of rotatable bonds is 3. The number of hydrogen-bond donors (Lipinski definition) is 1. The molecule has 0 radical (unpaired) electrons. The number of anilines is 1. The summed E-state index contributed by atoms with van der Waals surface area (Å²) in [5, 5.41) is 10.2. The Kier molecular flexibility index (Phi) is 3.84. The molecular formula is C12H18ClN3O.